The van der Waals surface area contributed by atoms with E-state index in [-0.39, 0.29) is 5.91 Å². The molecule has 0 aliphatic carbocycles. The zero-order valence-electron chi connectivity index (χ0n) is 17.4. The van der Waals surface area contributed by atoms with Crippen LogP contribution in [0.2, 0.25) is 0 Å². The van der Waals surface area contributed by atoms with Gasteiger partial charge in [0.1, 0.15) is 11.6 Å². The highest BCUT2D eigenvalue weighted by Gasteiger charge is 2.15. The van der Waals surface area contributed by atoms with Gasteiger partial charge in [0.15, 0.2) is 5.13 Å². The van der Waals surface area contributed by atoms with Crippen molar-refractivity contribution >= 4 is 40.0 Å². The standard InChI is InChI=1S/C21H23N5O4S/c1-13-4-9-17(18(22-13)26(2)3)19(27)23-14-5-7-16(8-6-14)30-11-10-15-12-31-20(24-15)25-21(28)29/h4-9,12H,10-11H2,1-3H3,(H,23,27)(H,24,25)(H,28,29). The topological polar surface area (TPSA) is 117 Å². The lowest BCUT2D eigenvalue weighted by molar-refractivity contribution is 0.102. The van der Waals surface area contributed by atoms with Gasteiger partial charge >= 0.3 is 6.09 Å². The quantitative estimate of drug-likeness (QED) is 0.486. The highest BCUT2D eigenvalue weighted by molar-refractivity contribution is 7.13. The molecule has 9 nitrogen and oxygen atoms in total. The van der Waals surface area contributed by atoms with Crippen LogP contribution in [0.25, 0.3) is 0 Å². The number of amides is 2. The Kier molecular flexibility index (Phi) is 7.03. The predicted molar refractivity (Wildman–Crippen MR) is 121 cm³/mol. The minimum absolute atomic E-state index is 0.237. The van der Waals surface area contributed by atoms with Crippen LogP contribution < -0.4 is 20.3 Å². The summed E-state index contributed by atoms with van der Waals surface area (Å²) in [5.74, 6) is 1.03. The molecule has 0 spiro atoms. The fraction of sp³-hybridized carbons (Fsp3) is 0.238. The van der Waals surface area contributed by atoms with Crippen molar-refractivity contribution in [2.75, 3.05) is 36.2 Å². The third-order valence-corrected chi connectivity index (χ3v) is 4.99. The van der Waals surface area contributed by atoms with Gasteiger partial charge in [0.25, 0.3) is 5.91 Å². The molecule has 2 heterocycles. The number of nitrogens with zero attached hydrogens (tertiary/aromatic N) is 3. The van der Waals surface area contributed by atoms with E-state index in [1.54, 1.807) is 35.7 Å². The normalized spacial score (nSPS) is 10.4. The number of carbonyl (C=O) groups excluding carboxylic acids is 1. The Hall–Kier alpha value is -3.66. The zero-order chi connectivity index (χ0) is 22.4. The van der Waals surface area contributed by atoms with Gasteiger partial charge in [-0.3, -0.25) is 10.1 Å². The average molecular weight is 442 g/mol. The Morgan fingerprint density at radius 3 is 2.52 bits per heavy atom. The van der Waals surface area contributed by atoms with Crippen LogP contribution in [0.5, 0.6) is 5.75 Å². The molecule has 31 heavy (non-hydrogen) atoms. The summed E-state index contributed by atoms with van der Waals surface area (Å²) in [7, 11) is 3.69. The molecule has 0 unspecified atom stereocenters. The monoisotopic (exact) mass is 441 g/mol. The molecular weight excluding hydrogens is 418 g/mol. The number of hydrogen-bond acceptors (Lipinski definition) is 7. The molecule has 3 aromatic rings. The second-order valence-corrected chi connectivity index (χ2v) is 7.73. The van der Waals surface area contributed by atoms with E-state index in [2.05, 4.69) is 20.6 Å². The number of benzene rings is 1. The van der Waals surface area contributed by atoms with Crippen LogP contribution in [0.3, 0.4) is 0 Å². The van der Waals surface area contributed by atoms with Crippen molar-refractivity contribution in [2.24, 2.45) is 0 Å². The summed E-state index contributed by atoms with van der Waals surface area (Å²) in [5, 5.41) is 15.9. The molecular formula is C21H23N5O4S. The fourth-order valence-corrected chi connectivity index (χ4v) is 3.47. The van der Waals surface area contributed by atoms with Crippen molar-refractivity contribution in [2.45, 2.75) is 13.3 Å². The number of carbonyl (C=O) groups is 2. The van der Waals surface area contributed by atoms with Crippen LogP contribution in [0.1, 0.15) is 21.7 Å². The minimum atomic E-state index is -1.14. The fourth-order valence-electron chi connectivity index (χ4n) is 2.74. The largest absolute Gasteiger partial charge is 0.493 e. The predicted octanol–water partition coefficient (Wildman–Crippen LogP) is 3.88. The number of thiazole rings is 1. The van der Waals surface area contributed by atoms with Gasteiger partial charge in [0, 0.05) is 37.3 Å². The van der Waals surface area contributed by atoms with Crippen LogP contribution in [-0.4, -0.2) is 47.8 Å². The van der Waals surface area contributed by atoms with E-state index in [0.29, 0.717) is 41.0 Å². The molecule has 2 amide bonds. The zero-order valence-corrected chi connectivity index (χ0v) is 18.2. The molecule has 0 aliphatic rings. The Morgan fingerprint density at radius 1 is 1.10 bits per heavy atom. The minimum Gasteiger partial charge on any atom is -0.493 e. The van der Waals surface area contributed by atoms with Gasteiger partial charge in [-0.15, -0.1) is 11.3 Å². The summed E-state index contributed by atoms with van der Waals surface area (Å²) >= 11 is 1.23. The summed E-state index contributed by atoms with van der Waals surface area (Å²) in [5.41, 5.74) is 2.73. The van der Waals surface area contributed by atoms with Crippen molar-refractivity contribution < 1.29 is 19.4 Å². The molecule has 3 rings (SSSR count). The molecule has 1 aromatic carbocycles. The average Bonchev–Trinajstić information content (AvgIpc) is 3.15. The van der Waals surface area contributed by atoms with Gasteiger partial charge in [-0.25, -0.2) is 14.8 Å². The van der Waals surface area contributed by atoms with Crippen molar-refractivity contribution in [1.82, 2.24) is 9.97 Å². The van der Waals surface area contributed by atoms with Crippen LogP contribution in [0, 0.1) is 6.92 Å². The molecule has 3 N–H and O–H groups in total. The van der Waals surface area contributed by atoms with Crippen LogP contribution >= 0.6 is 11.3 Å². The lowest BCUT2D eigenvalue weighted by atomic mass is 10.2. The summed E-state index contributed by atoms with van der Waals surface area (Å²) in [6.45, 7) is 2.27. The molecule has 0 atom stereocenters. The van der Waals surface area contributed by atoms with Crippen LogP contribution in [0.15, 0.2) is 41.8 Å². The first-order chi connectivity index (χ1) is 14.8. The lowest BCUT2D eigenvalue weighted by Gasteiger charge is -2.16. The summed E-state index contributed by atoms with van der Waals surface area (Å²) in [4.78, 5) is 33.7. The second-order valence-electron chi connectivity index (χ2n) is 6.87. The van der Waals surface area contributed by atoms with E-state index in [0.717, 1.165) is 11.4 Å². The van der Waals surface area contributed by atoms with Gasteiger partial charge in [-0.1, -0.05) is 0 Å². The maximum atomic E-state index is 12.7. The number of aryl methyl sites for hydroxylation is 1. The Labute approximate surface area is 183 Å². The molecule has 10 heteroatoms. The molecule has 2 aromatic heterocycles. The van der Waals surface area contributed by atoms with E-state index in [4.69, 9.17) is 9.84 Å². The first-order valence-corrected chi connectivity index (χ1v) is 10.3. The van der Waals surface area contributed by atoms with Gasteiger partial charge in [0.2, 0.25) is 0 Å². The van der Waals surface area contributed by atoms with Crippen LogP contribution in [0.4, 0.5) is 21.4 Å². The molecule has 0 fully saturated rings. The first kappa shape index (κ1) is 22.0. The Morgan fingerprint density at radius 2 is 1.84 bits per heavy atom. The van der Waals surface area contributed by atoms with Gasteiger partial charge in [-0.05, 0) is 43.3 Å². The number of nitrogens with one attached hydrogen (secondary N) is 2. The van der Waals surface area contributed by atoms with E-state index in [1.165, 1.54) is 11.3 Å². The maximum absolute atomic E-state index is 12.7. The van der Waals surface area contributed by atoms with Crippen molar-refractivity contribution in [3.63, 3.8) is 0 Å². The highest BCUT2D eigenvalue weighted by Crippen LogP contribution is 2.21. The molecule has 0 bridgehead atoms. The number of anilines is 3. The van der Waals surface area contributed by atoms with E-state index >= 15 is 0 Å². The molecule has 0 saturated heterocycles. The first-order valence-electron chi connectivity index (χ1n) is 9.45. The second kappa shape index (κ2) is 9.90. The van der Waals surface area contributed by atoms with E-state index in [1.807, 2.05) is 32.0 Å². The third kappa shape index (κ3) is 6.16. The molecule has 0 radical (unpaired) electrons. The summed E-state index contributed by atoms with van der Waals surface area (Å²) in [6.07, 6.45) is -0.592. The van der Waals surface area contributed by atoms with Gasteiger partial charge < -0.3 is 20.1 Å². The Balaban J connectivity index is 1.54. The third-order valence-electron chi connectivity index (χ3n) is 4.19. The molecule has 0 aliphatic heterocycles. The molecule has 162 valence electrons. The van der Waals surface area contributed by atoms with E-state index in [9.17, 15) is 9.59 Å². The van der Waals surface area contributed by atoms with Crippen molar-refractivity contribution in [3.8, 4) is 5.75 Å². The number of hydrogen-bond donors (Lipinski definition) is 3. The number of ether oxygens (including phenoxy) is 1. The van der Waals surface area contributed by atoms with Crippen molar-refractivity contribution in [3.05, 3.63) is 58.7 Å². The van der Waals surface area contributed by atoms with Crippen LogP contribution in [-0.2, 0) is 6.42 Å². The summed E-state index contributed by atoms with van der Waals surface area (Å²) in [6, 6.07) is 10.6. The number of carboxylic acid groups (broad SMARTS) is 1. The highest BCUT2D eigenvalue weighted by atomic mass is 32.1. The SMILES string of the molecule is Cc1ccc(C(=O)Nc2ccc(OCCc3csc(NC(=O)O)n3)cc2)c(N(C)C)n1. The number of aromatic nitrogens is 2. The Bertz CT molecular complexity index is 1070. The smallest absolute Gasteiger partial charge is 0.410 e. The van der Waals surface area contributed by atoms with Crippen molar-refractivity contribution in [1.29, 1.82) is 0 Å². The number of pyridine rings is 1. The van der Waals surface area contributed by atoms with E-state index < -0.39 is 6.09 Å². The maximum Gasteiger partial charge on any atom is 0.410 e. The number of rotatable bonds is 8. The lowest BCUT2D eigenvalue weighted by Crippen LogP contribution is -2.20. The summed E-state index contributed by atoms with van der Waals surface area (Å²) < 4.78 is 5.71. The van der Waals surface area contributed by atoms with Gasteiger partial charge in [-0.2, -0.15) is 0 Å². The molecule has 0 saturated carbocycles. The van der Waals surface area contributed by atoms with Gasteiger partial charge in [0.05, 0.1) is 17.9 Å².